The van der Waals surface area contributed by atoms with Gasteiger partial charge < -0.3 is 5.11 Å². The lowest BCUT2D eigenvalue weighted by molar-refractivity contribution is -0.206. The molecule has 0 radical (unpaired) electrons. The maximum Gasteiger partial charge on any atom is 0.418 e. The molecule has 0 aliphatic rings. The molecule has 0 unspecified atom stereocenters. The van der Waals surface area contributed by atoms with Crippen LogP contribution in [0.3, 0.4) is 0 Å². The van der Waals surface area contributed by atoms with Crippen LogP contribution in [0.25, 0.3) is 0 Å². The highest BCUT2D eigenvalue weighted by molar-refractivity contribution is 5.09. The summed E-state index contributed by atoms with van der Waals surface area (Å²) in [6.07, 6.45) is -4.82. The molecule has 15 heavy (non-hydrogen) atoms. The lowest BCUT2D eigenvalue weighted by atomic mass is 10.2. The van der Waals surface area contributed by atoms with Gasteiger partial charge >= 0.3 is 6.18 Å². The van der Waals surface area contributed by atoms with E-state index in [2.05, 4.69) is 5.10 Å². The second-order valence-electron chi connectivity index (χ2n) is 3.83. The Labute approximate surface area is 85.5 Å². The van der Waals surface area contributed by atoms with Crippen LogP contribution in [-0.2, 0) is 6.54 Å². The summed E-state index contributed by atoms with van der Waals surface area (Å²) in [6.45, 7) is 4.40. The summed E-state index contributed by atoms with van der Waals surface area (Å²) in [5, 5.41) is 12.7. The van der Waals surface area contributed by atoms with Crippen LogP contribution in [-0.4, -0.2) is 21.1 Å². The van der Waals surface area contributed by atoms with Gasteiger partial charge in [0.15, 0.2) is 6.10 Å². The van der Waals surface area contributed by atoms with Crippen molar-refractivity contribution in [3.05, 3.63) is 18.0 Å². The first-order valence-electron chi connectivity index (χ1n) is 4.58. The molecule has 0 saturated carbocycles. The van der Waals surface area contributed by atoms with Crippen LogP contribution in [0.5, 0.6) is 0 Å². The second-order valence-corrected chi connectivity index (χ2v) is 3.83. The summed E-state index contributed by atoms with van der Waals surface area (Å²) in [4.78, 5) is 0. The van der Waals surface area contributed by atoms with Crippen molar-refractivity contribution in [2.24, 2.45) is 5.92 Å². The molecule has 0 spiro atoms. The lowest BCUT2D eigenvalue weighted by Gasteiger charge is -2.12. The van der Waals surface area contributed by atoms with Crippen molar-refractivity contribution >= 4 is 0 Å². The van der Waals surface area contributed by atoms with E-state index in [1.807, 2.05) is 13.8 Å². The Hall–Kier alpha value is -1.04. The number of alkyl halides is 3. The number of halogens is 3. The molecule has 0 saturated heterocycles. The maximum absolute atomic E-state index is 12.1. The van der Waals surface area contributed by atoms with Gasteiger partial charge in [0, 0.05) is 18.3 Å². The fourth-order valence-corrected chi connectivity index (χ4v) is 1.18. The fraction of sp³-hybridized carbons (Fsp3) is 0.667. The molecular formula is C9H13F3N2O. The van der Waals surface area contributed by atoms with E-state index < -0.39 is 12.3 Å². The van der Waals surface area contributed by atoms with E-state index in [1.54, 1.807) is 0 Å². The predicted octanol–water partition coefficient (Wildman–Crippen LogP) is 2.13. The number of hydrogen-bond donors (Lipinski definition) is 1. The van der Waals surface area contributed by atoms with Crippen LogP contribution in [0.1, 0.15) is 25.5 Å². The van der Waals surface area contributed by atoms with Gasteiger partial charge in [0.25, 0.3) is 0 Å². The van der Waals surface area contributed by atoms with Crippen molar-refractivity contribution in [2.75, 3.05) is 0 Å². The van der Waals surface area contributed by atoms with Crippen LogP contribution in [0.2, 0.25) is 0 Å². The number of aliphatic hydroxyl groups is 1. The Morgan fingerprint density at radius 1 is 1.47 bits per heavy atom. The molecule has 0 aromatic carbocycles. The van der Waals surface area contributed by atoms with Crippen molar-refractivity contribution in [3.63, 3.8) is 0 Å². The maximum atomic E-state index is 12.1. The quantitative estimate of drug-likeness (QED) is 0.850. The number of nitrogens with zero attached hydrogens (tertiary/aromatic N) is 2. The highest BCUT2D eigenvalue weighted by Crippen LogP contribution is 2.31. The van der Waals surface area contributed by atoms with Crippen molar-refractivity contribution in [2.45, 2.75) is 32.7 Å². The summed E-state index contributed by atoms with van der Waals surface area (Å²) < 4.78 is 37.8. The van der Waals surface area contributed by atoms with Crippen molar-refractivity contribution < 1.29 is 18.3 Å². The minimum Gasteiger partial charge on any atom is -0.379 e. The minimum atomic E-state index is -4.63. The molecule has 0 bridgehead atoms. The predicted molar refractivity (Wildman–Crippen MR) is 48.1 cm³/mol. The van der Waals surface area contributed by atoms with E-state index in [0.717, 1.165) is 6.20 Å². The molecule has 0 amide bonds. The van der Waals surface area contributed by atoms with Crippen LogP contribution in [0, 0.1) is 5.92 Å². The average Bonchev–Trinajstić information content (AvgIpc) is 2.48. The molecular weight excluding hydrogens is 209 g/mol. The minimum absolute atomic E-state index is 0.219. The molecule has 0 aliphatic carbocycles. The molecule has 86 valence electrons. The van der Waals surface area contributed by atoms with Crippen molar-refractivity contribution in [3.8, 4) is 0 Å². The van der Waals surface area contributed by atoms with Gasteiger partial charge in [0.05, 0.1) is 6.20 Å². The Bertz CT molecular complexity index is 319. The van der Waals surface area contributed by atoms with E-state index in [4.69, 9.17) is 5.11 Å². The zero-order valence-electron chi connectivity index (χ0n) is 8.49. The van der Waals surface area contributed by atoms with Crippen LogP contribution in [0.15, 0.2) is 12.4 Å². The van der Waals surface area contributed by atoms with E-state index >= 15 is 0 Å². The first kappa shape index (κ1) is 12.0. The Morgan fingerprint density at radius 2 is 2.07 bits per heavy atom. The molecule has 1 aromatic rings. The topological polar surface area (TPSA) is 38.0 Å². The first-order chi connectivity index (χ1) is 6.80. The Kier molecular flexibility index (Phi) is 3.38. The zero-order valence-corrected chi connectivity index (χ0v) is 8.49. The number of rotatable bonds is 3. The highest BCUT2D eigenvalue weighted by Gasteiger charge is 2.40. The molecule has 1 rings (SSSR count). The SMILES string of the molecule is CC(C)Cn1cc([C@@H](O)C(F)(F)F)cn1. The molecule has 1 heterocycles. The van der Waals surface area contributed by atoms with Crippen molar-refractivity contribution in [1.29, 1.82) is 0 Å². The third-order valence-electron chi connectivity index (χ3n) is 1.83. The van der Waals surface area contributed by atoms with Crippen LogP contribution in [0.4, 0.5) is 13.2 Å². The molecule has 1 N–H and O–H groups in total. The van der Waals surface area contributed by atoms with E-state index in [1.165, 1.54) is 10.9 Å². The third-order valence-corrected chi connectivity index (χ3v) is 1.83. The molecule has 0 fully saturated rings. The Morgan fingerprint density at radius 3 is 2.53 bits per heavy atom. The van der Waals surface area contributed by atoms with Gasteiger partial charge in [-0.3, -0.25) is 4.68 Å². The van der Waals surface area contributed by atoms with E-state index in [0.29, 0.717) is 12.5 Å². The fourth-order valence-electron chi connectivity index (χ4n) is 1.18. The summed E-state index contributed by atoms with van der Waals surface area (Å²) in [5.41, 5.74) is -0.219. The smallest absolute Gasteiger partial charge is 0.379 e. The van der Waals surface area contributed by atoms with Crippen LogP contribution < -0.4 is 0 Å². The van der Waals surface area contributed by atoms with Gasteiger partial charge in [-0.2, -0.15) is 18.3 Å². The summed E-state index contributed by atoms with van der Waals surface area (Å²) >= 11 is 0. The van der Waals surface area contributed by atoms with Crippen LogP contribution >= 0.6 is 0 Å². The molecule has 6 heteroatoms. The second kappa shape index (κ2) is 4.22. The number of hydrogen-bond acceptors (Lipinski definition) is 2. The monoisotopic (exact) mass is 222 g/mol. The Balaban J connectivity index is 2.76. The zero-order chi connectivity index (χ0) is 11.6. The van der Waals surface area contributed by atoms with Gasteiger partial charge in [-0.05, 0) is 5.92 Å². The summed E-state index contributed by atoms with van der Waals surface area (Å²) in [5.74, 6) is 0.292. The van der Waals surface area contributed by atoms with Gasteiger partial charge in [0.1, 0.15) is 0 Å². The lowest BCUT2D eigenvalue weighted by Crippen LogP contribution is -2.19. The number of aliphatic hydroxyl groups excluding tert-OH is 1. The first-order valence-corrected chi connectivity index (χ1v) is 4.58. The summed E-state index contributed by atoms with van der Waals surface area (Å²) in [6, 6.07) is 0. The summed E-state index contributed by atoms with van der Waals surface area (Å²) in [7, 11) is 0. The molecule has 1 atom stereocenters. The van der Waals surface area contributed by atoms with Crippen molar-refractivity contribution in [1.82, 2.24) is 9.78 Å². The number of aromatic nitrogens is 2. The third kappa shape index (κ3) is 3.23. The molecule has 1 aromatic heterocycles. The van der Waals surface area contributed by atoms with Gasteiger partial charge in [-0.15, -0.1) is 0 Å². The normalized spacial score (nSPS) is 14.6. The van der Waals surface area contributed by atoms with Gasteiger partial charge in [-0.25, -0.2) is 0 Å². The molecule has 3 nitrogen and oxygen atoms in total. The largest absolute Gasteiger partial charge is 0.418 e. The van der Waals surface area contributed by atoms with E-state index in [-0.39, 0.29) is 5.56 Å². The highest BCUT2D eigenvalue weighted by atomic mass is 19.4. The standard InChI is InChI=1S/C9H13F3N2O/c1-6(2)4-14-5-7(3-13-14)8(15)9(10,11)12/h3,5-6,8,15H,4H2,1-2H3/t8-/m1/s1. The average molecular weight is 222 g/mol. The van der Waals surface area contributed by atoms with Gasteiger partial charge in [-0.1, -0.05) is 13.8 Å². The van der Waals surface area contributed by atoms with E-state index in [9.17, 15) is 13.2 Å². The molecule has 0 aliphatic heterocycles. The van der Waals surface area contributed by atoms with Gasteiger partial charge in [0.2, 0.25) is 0 Å².